The molecule has 0 radical (unpaired) electrons. The number of hydrogen-bond donors (Lipinski definition) is 2. The Bertz CT molecular complexity index is 1490. The molecule has 0 spiro atoms. The highest BCUT2D eigenvalue weighted by molar-refractivity contribution is 7.19. The van der Waals surface area contributed by atoms with Crippen LogP contribution in [0.25, 0.3) is 4.96 Å². The molecule has 2 heterocycles. The molecule has 4 rings (SSSR count). The van der Waals surface area contributed by atoms with Crippen LogP contribution in [-0.2, 0) is 4.74 Å². The quantitative estimate of drug-likeness (QED) is 0.424. The van der Waals surface area contributed by atoms with Crippen LogP contribution in [0.2, 0.25) is 0 Å². The van der Waals surface area contributed by atoms with E-state index >= 15 is 0 Å². The third kappa shape index (κ3) is 4.44. The van der Waals surface area contributed by atoms with Crippen molar-refractivity contribution in [2.75, 3.05) is 17.7 Å². The Morgan fingerprint density at radius 1 is 0.971 bits per heavy atom. The molecular formula is C24H20N4O5S. The van der Waals surface area contributed by atoms with E-state index in [1.54, 1.807) is 31.2 Å². The first-order valence-corrected chi connectivity index (χ1v) is 11.0. The van der Waals surface area contributed by atoms with Gasteiger partial charge < -0.3 is 15.4 Å². The smallest absolute Gasteiger partial charge is 0.337 e. The Kier molecular flexibility index (Phi) is 6.24. The van der Waals surface area contributed by atoms with Crippen LogP contribution in [0.1, 0.15) is 41.8 Å². The lowest BCUT2D eigenvalue weighted by Crippen LogP contribution is -2.25. The average molecular weight is 477 g/mol. The highest BCUT2D eigenvalue weighted by Crippen LogP contribution is 2.25. The van der Waals surface area contributed by atoms with Crippen LogP contribution in [0.3, 0.4) is 0 Å². The number of nitrogens with zero attached hydrogens (tertiary/aromatic N) is 2. The maximum Gasteiger partial charge on any atom is 0.337 e. The summed E-state index contributed by atoms with van der Waals surface area (Å²) in [6.07, 6.45) is 0. The van der Waals surface area contributed by atoms with Crippen molar-refractivity contribution in [1.29, 1.82) is 0 Å². The Morgan fingerprint density at radius 3 is 2.35 bits per heavy atom. The molecule has 10 heteroatoms. The fourth-order valence-corrected chi connectivity index (χ4v) is 4.40. The van der Waals surface area contributed by atoms with Gasteiger partial charge in [0, 0.05) is 23.1 Å². The van der Waals surface area contributed by atoms with Crippen molar-refractivity contribution in [1.82, 2.24) is 9.38 Å². The second-order valence-corrected chi connectivity index (χ2v) is 8.40. The molecule has 0 saturated carbocycles. The number of nitrogens with one attached hydrogen (secondary N) is 2. The van der Waals surface area contributed by atoms with Gasteiger partial charge in [0.2, 0.25) is 0 Å². The largest absolute Gasteiger partial charge is 0.465 e. The number of carbonyl (C=O) groups excluding carboxylic acids is 3. The minimum absolute atomic E-state index is 0.0262. The fraction of sp³-hybridized carbons (Fsp3) is 0.125. The molecule has 0 aliphatic carbocycles. The SMILES string of the molecule is COC(=O)c1ccc(NC(=O)c2sc3nc(C)cc(=O)n3c2C(=O)Nc2ccccc2C)cc1. The minimum atomic E-state index is -0.612. The molecule has 0 atom stereocenters. The van der Waals surface area contributed by atoms with Crippen LogP contribution in [0.5, 0.6) is 0 Å². The number of thiazole rings is 1. The van der Waals surface area contributed by atoms with Gasteiger partial charge in [-0.05, 0) is 49.7 Å². The van der Waals surface area contributed by atoms with Crippen LogP contribution in [0.4, 0.5) is 11.4 Å². The van der Waals surface area contributed by atoms with Crippen molar-refractivity contribution in [3.63, 3.8) is 0 Å². The summed E-state index contributed by atoms with van der Waals surface area (Å²) in [4.78, 5) is 55.4. The lowest BCUT2D eigenvalue weighted by molar-refractivity contribution is 0.0600. The van der Waals surface area contributed by atoms with Crippen LogP contribution in [0.15, 0.2) is 59.4 Å². The molecule has 0 aliphatic heterocycles. The summed E-state index contributed by atoms with van der Waals surface area (Å²) < 4.78 is 5.81. The molecular weight excluding hydrogens is 456 g/mol. The van der Waals surface area contributed by atoms with Gasteiger partial charge in [-0.25, -0.2) is 14.2 Å². The third-order valence-corrected chi connectivity index (χ3v) is 6.07. The van der Waals surface area contributed by atoms with E-state index in [0.717, 1.165) is 21.3 Å². The van der Waals surface area contributed by atoms with Gasteiger partial charge in [-0.15, -0.1) is 0 Å². The predicted octanol–water partition coefficient (Wildman–Crippen LogP) is 3.66. The molecule has 2 aromatic heterocycles. The Hall–Kier alpha value is -4.31. The molecule has 0 bridgehead atoms. The van der Waals surface area contributed by atoms with Crippen molar-refractivity contribution in [3.05, 3.63) is 92.3 Å². The van der Waals surface area contributed by atoms with Crippen molar-refractivity contribution >= 4 is 45.5 Å². The summed E-state index contributed by atoms with van der Waals surface area (Å²) in [5.41, 5.74) is 2.02. The molecule has 34 heavy (non-hydrogen) atoms. The summed E-state index contributed by atoms with van der Waals surface area (Å²) in [5.74, 6) is -1.70. The molecule has 2 amide bonds. The van der Waals surface area contributed by atoms with Crippen molar-refractivity contribution < 1.29 is 19.1 Å². The fourth-order valence-electron chi connectivity index (χ4n) is 3.33. The van der Waals surface area contributed by atoms with E-state index in [1.165, 1.54) is 25.3 Å². The minimum Gasteiger partial charge on any atom is -0.465 e. The second kappa shape index (κ2) is 9.28. The first kappa shape index (κ1) is 22.9. The molecule has 9 nitrogen and oxygen atoms in total. The van der Waals surface area contributed by atoms with E-state index in [4.69, 9.17) is 0 Å². The van der Waals surface area contributed by atoms with Gasteiger partial charge in [-0.1, -0.05) is 29.5 Å². The van der Waals surface area contributed by atoms with Gasteiger partial charge in [0.1, 0.15) is 10.6 Å². The van der Waals surface area contributed by atoms with Crippen molar-refractivity contribution in [2.24, 2.45) is 0 Å². The number of rotatable bonds is 5. The topological polar surface area (TPSA) is 119 Å². The van der Waals surface area contributed by atoms with Crippen LogP contribution >= 0.6 is 11.3 Å². The Balaban J connectivity index is 1.74. The average Bonchev–Trinajstić information content (AvgIpc) is 3.20. The lowest BCUT2D eigenvalue weighted by atomic mass is 10.2. The van der Waals surface area contributed by atoms with Gasteiger partial charge in [0.15, 0.2) is 4.96 Å². The number of aryl methyl sites for hydroxylation is 2. The van der Waals surface area contributed by atoms with Crippen LogP contribution in [-0.4, -0.2) is 34.3 Å². The number of anilines is 2. The zero-order chi connectivity index (χ0) is 24.4. The predicted molar refractivity (Wildman–Crippen MR) is 129 cm³/mol. The van der Waals surface area contributed by atoms with Gasteiger partial charge in [-0.2, -0.15) is 0 Å². The van der Waals surface area contributed by atoms with Crippen LogP contribution < -0.4 is 16.2 Å². The molecule has 0 unspecified atom stereocenters. The van der Waals surface area contributed by atoms with E-state index in [9.17, 15) is 19.2 Å². The standard InChI is InChI=1S/C24H20N4O5S/c1-13-6-4-5-7-17(13)27-21(30)19-20(34-24-25-14(2)12-18(29)28(19)24)22(31)26-16-10-8-15(9-11-16)23(32)33-3/h4-12H,1-3H3,(H,26,31)(H,27,30). The first-order chi connectivity index (χ1) is 16.3. The van der Waals surface area contributed by atoms with Gasteiger partial charge >= 0.3 is 5.97 Å². The summed E-state index contributed by atoms with van der Waals surface area (Å²) in [6.45, 7) is 3.50. The maximum atomic E-state index is 13.3. The number of aromatic nitrogens is 2. The van der Waals surface area contributed by atoms with Crippen LogP contribution in [0, 0.1) is 13.8 Å². The zero-order valence-electron chi connectivity index (χ0n) is 18.5. The van der Waals surface area contributed by atoms with E-state index in [-0.39, 0.29) is 15.5 Å². The summed E-state index contributed by atoms with van der Waals surface area (Å²) in [5, 5.41) is 5.49. The molecule has 4 aromatic rings. The molecule has 0 fully saturated rings. The molecule has 0 saturated heterocycles. The number of benzene rings is 2. The number of carbonyl (C=O) groups is 3. The summed E-state index contributed by atoms with van der Waals surface area (Å²) in [7, 11) is 1.28. The normalized spacial score (nSPS) is 10.7. The number of ether oxygens (including phenoxy) is 1. The zero-order valence-corrected chi connectivity index (χ0v) is 19.4. The molecule has 0 aliphatic rings. The third-order valence-electron chi connectivity index (χ3n) is 5.03. The maximum absolute atomic E-state index is 13.3. The van der Waals surface area contributed by atoms with Crippen molar-refractivity contribution in [2.45, 2.75) is 13.8 Å². The summed E-state index contributed by atoms with van der Waals surface area (Å²) in [6, 6.07) is 14.6. The Labute approximate surface area is 198 Å². The van der Waals surface area contributed by atoms with Gasteiger partial charge in [-0.3, -0.25) is 14.4 Å². The lowest BCUT2D eigenvalue weighted by Gasteiger charge is -2.10. The Morgan fingerprint density at radius 2 is 1.68 bits per heavy atom. The number of fused-ring (bicyclic) bond motifs is 1. The van der Waals surface area contributed by atoms with E-state index < -0.39 is 23.3 Å². The molecule has 2 aromatic carbocycles. The van der Waals surface area contributed by atoms with E-state index in [2.05, 4.69) is 20.4 Å². The summed E-state index contributed by atoms with van der Waals surface area (Å²) >= 11 is 0.939. The first-order valence-electron chi connectivity index (χ1n) is 10.2. The molecule has 2 N–H and O–H groups in total. The number of methoxy groups -OCH3 is 1. The van der Waals surface area contributed by atoms with Gasteiger partial charge in [0.25, 0.3) is 17.4 Å². The monoisotopic (exact) mass is 476 g/mol. The number of para-hydroxylation sites is 1. The number of amides is 2. The van der Waals surface area contributed by atoms with E-state index in [1.807, 2.05) is 19.1 Å². The number of esters is 1. The van der Waals surface area contributed by atoms with Gasteiger partial charge in [0.05, 0.1) is 12.7 Å². The van der Waals surface area contributed by atoms with E-state index in [0.29, 0.717) is 22.6 Å². The highest BCUT2D eigenvalue weighted by Gasteiger charge is 2.26. The second-order valence-electron chi connectivity index (χ2n) is 7.43. The highest BCUT2D eigenvalue weighted by atomic mass is 32.1. The van der Waals surface area contributed by atoms with Crippen molar-refractivity contribution in [3.8, 4) is 0 Å². The number of hydrogen-bond acceptors (Lipinski definition) is 7. The molecule has 172 valence electrons.